The number of hydrogen-bond acceptors (Lipinski definition) is 4. The highest BCUT2D eigenvalue weighted by atomic mass is 35.5. The first-order valence-electron chi connectivity index (χ1n) is 7.66. The van der Waals surface area contributed by atoms with Gasteiger partial charge in [-0.15, -0.1) is 0 Å². The summed E-state index contributed by atoms with van der Waals surface area (Å²) in [5, 5.41) is 3.35. The molecule has 1 aromatic carbocycles. The molecule has 0 aliphatic carbocycles. The zero-order valence-electron chi connectivity index (χ0n) is 12.9. The Morgan fingerprint density at radius 2 is 2.09 bits per heavy atom. The molecule has 1 saturated heterocycles. The van der Waals surface area contributed by atoms with E-state index in [4.69, 9.17) is 21.1 Å². The van der Waals surface area contributed by atoms with Gasteiger partial charge < -0.3 is 19.7 Å². The third-order valence-electron chi connectivity index (χ3n) is 4.04. The summed E-state index contributed by atoms with van der Waals surface area (Å²) in [5.74, 6) is 0.286. The predicted octanol–water partition coefficient (Wildman–Crippen LogP) is 1.01. The molecule has 0 unspecified atom stereocenters. The zero-order valence-corrected chi connectivity index (χ0v) is 13.6. The van der Waals surface area contributed by atoms with E-state index in [0.717, 1.165) is 5.56 Å². The van der Waals surface area contributed by atoms with Crippen LogP contribution in [-0.4, -0.2) is 55.2 Å². The number of carbonyl (C=O) groups is 2. The molecule has 3 rings (SSSR count). The molecule has 1 aromatic rings. The number of nitrogens with zero attached hydrogens (tertiary/aromatic N) is 1. The quantitative estimate of drug-likeness (QED) is 0.893. The van der Waals surface area contributed by atoms with Gasteiger partial charge in [-0.05, 0) is 30.7 Å². The second-order valence-corrected chi connectivity index (χ2v) is 6.17. The third-order valence-corrected chi connectivity index (χ3v) is 4.28. The van der Waals surface area contributed by atoms with Crippen molar-refractivity contribution in [2.45, 2.75) is 25.5 Å². The lowest BCUT2D eigenvalue weighted by Crippen LogP contribution is -2.52. The lowest BCUT2D eigenvalue weighted by molar-refractivity contribution is -0.140. The van der Waals surface area contributed by atoms with Gasteiger partial charge >= 0.3 is 0 Å². The molecule has 1 N–H and O–H groups in total. The molecule has 2 amide bonds. The fourth-order valence-electron chi connectivity index (χ4n) is 2.79. The van der Waals surface area contributed by atoms with Crippen LogP contribution in [-0.2, 0) is 20.7 Å². The fourth-order valence-corrected chi connectivity index (χ4v) is 2.98. The number of fused-ring (bicyclic) bond motifs is 1. The van der Waals surface area contributed by atoms with Gasteiger partial charge in [0.25, 0.3) is 5.91 Å². The van der Waals surface area contributed by atoms with E-state index >= 15 is 0 Å². The highest BCUT2D eigenvalue weighted by Crippen LogP contribution is 2.31. The van der Waals surface area contributed by atoms with E-state index < -0.39 is 12.1 Å². The number of halogens is 1. The Bertz CT molecular complexity index is 616. The van der Waals surface area contributed by atoms with Gasteiger partial charge in [0.15, 0.2) is 6.10 Å². The predicted molar refractivity (Wildman–Crippen MR) is 84.6 cm³/mol. The average molecular weight is 339 g/mol. The Morgan fingerprint density at radius 3 is 2.83 bits per heavy atom. The number of hydrogen-bond donors (Lipinski definition) is 1. The van der Waals surface area contributed by atoms with E-state index in [0.29, 0.717) is 43.5 Å². The second-order valence-electron chi connectivity index (χ2n) is 5.73. The van der Waals surface area contributed by atoms with Crippen molar-refractivity contribution in [3.8, 4) is 5.75 Å². The van der Waals surface area contributed by atoms with E-state index in [1.54, 1.807) is 30.0 Å². The molecule has 2 aliphatic heterocycles. The number of benzene rings is 1. The summed E-state index contributed by atoms with van der Waals surface area (Å²) in [6.07, 6.45) is -0.163. The first kappa shape index (κ1) is 16.1. The second kappa shape index (κ2) is 6.76. The molecule has 7 heteroatoms. The van der Waals surface area contributed by atoms with Crippen LogP contribution in [0.3, 0.4) is 0 Å². The average Bonchev–Trinajstić information content (AvgIpc) is 2.98. The minimum Gasteiger partial charge on any atom is -0.480 e. The minimum absolute atomic E-state index is 0.0970. The number of ether oxygens (including phenoxy) is 2. The van der Waals surface area contributed by atoms with Crippen LogP contribution < -0.4 is 10.1 Å². The topological polar surface area (TPSA) is 67.9 Å². The van der Waals surface area contributed by atoms with Gasteiger partial charge in [0.05, 0.1) is 13.2 Å². The van der Waals surface area contributed by atoms with E-state index in [1.807, 2.05) is 0 Å². The summed E-state index contributed by atoms with van der Waals surface area (Å²) >= 11 is 5.95. The first-order chi connectivity index (χ1) is 11.0. The molecule has 2 aliphatic rings. The van der Waals surface area contributed by atoms with Crippen LogP contribution in [0.15, 0.2) is 18.2 Å². The molecule has 0 saturated carbocycles. The van der Waals surface area contributed by atoms with Crippen molar-refractivity contribution in [2.24, 2.45) is 0 Å². The molecule has 2 atom stereocenters. The van der Waals surface area contributed by atoms with Crippen LogP contribution in [0.5, 0.6) is 5.75 Å². The summed E-state index contributed by atoms with van der Waals surface area (Å²) < 4.78 is 10.9. The van der Waals surface area contributed by atoms with E-state index in [1.165, 1.54) is 0 Å². The SMILES string of the molecule is C[C@@H](NC(=O)[C@@H]1Cc2cc(Cl)ccc2O1)C(=O)N1CCOCC1. The number of amides is 2. The number of nitrogens with one attached hydrogen (secondary N) is 1. The summed E-state index contributed by atoms with van der Waals surface area (Å²) in [7, 11) is 0. The maximum Gasteiger partial charge on any atom is 0.262 e. The number of rotatable bonds is 3. The number of carbonyl (C=O) groups excluding carboxylic acids is 2. The molecule has 124 valence electrons. The molecule has 0 spiro atoms. The largest absolute Gasteiger partial charge is 0.480 e. The van der Waals surface area contributed by atoms with Crippen LogP contribution >= 0.6 is 11.6 Å². The molecule has 1 fully saturated rings. The van der Waals surface area contributed by atoms with Crippen LogP contribution in [0.1, 0.15) is 12.5 Å². The highest BCUT2D eigenvalue weighted by molar-refractivity contribution is 6.30. The maximum atomic E-state index is 12.3. The molecule has 2 heterocycles. The normalized spacial score (nSPS) is 21.3. The van der Waals surface area contributed by atoms with E-state index in [2.05, 4.69) is 5.32 Å². The van der Waals surface area contributed by atoms with Crippen molar-refractivity contribution in [1.29, 1.82) is 0 Å². The van der Waals surface area contributed by atoms with Crippen molar-refractivity contribution >= 4 is 23.4 Å². The van der Waals surface area contributed by atoms with Gasteiger partial charge in [-0.1, -0.05) is 11.6 Å². The van der Waals surface area contributed by atoms with Crippen molar-refractivity contribution < 1.29 is 19.1 Å². The lowest BCUT2D eigenvalue weighted by Gasteiger charge is -2.29. The van der Waals surface area contributed by atoms with E-state index in [-0.39, 0.29) is 11.8 Å². The lowest BCUT2D eigenvalue weighted by atomic mass is 10.1. The zero-order chi connectivity index (χ0) is 16.4. The first-order valence-corrected chi connectivity index (χ1v) is 8.04. The summed E-state index contributed by atoms with van der Waals surface area (Å²) in [6, 6.07) is 4.70. The summed E-state index contributed by atoms with van der Waals surface area (Å²) in [6.45, 7) is 3.88. The smallest absolute Gasteiger partial charge is 0.262 e. The van der Waals surface area contributed by atoms with Gasteiger partial charge in [-0.3, -0.25) is 9.59 Å². The van der Waals surface area contributed by atoms with Crippen molar-refractivity contribution in [1.82, 2.24) is 10.2 Å². The highest BCUT2D eigenvalue weighted by Gasteiger charge is 2.32. The van der Waals surface area contributed by atoms with Crippen molar-refractivity contribution in [3.63, 3.8) is 0 Å². The van der Waals surface area contributed by atoms with Crippen LogP contribution in [0.2, 0.25) is 5.02 Å². The Balaban J connectivity index is 1.56. The van der Waals surface area contributed by atoms with Gasteiger partial charge in [0.2, 0.25) is 5.91 Å². The van der Waals surface area contributed by atoms with Gasteiger partial charge in [-0.2, -0.15) is 0 Å². The fraction of sp³-hybridized carbons (Fsp3) is 0.500. The molecule has 0 bridgehead atoms. The summed E-state index contributed by atoms with van der Waals surface area (Å²) in [4.78, 5) is 26.3. The van der Waals surface area contributed by atoms with Gasteiger partial charge in [0, 0.05) is 24.5 Å². The summed E-state index contributed by atoms with van der Waals surface area (Å²) in [5.41, 5.74) is 0.907. The molecular formula is C16H19ClN2O4. The Labute approximate surface area is 139 Å². The van der Waals surface area contributed by atoms with Crippen molar-refractivity contribution in [2.75, 3.05) is 26.3 Å². The Morgan fingerprint density at radius 1 is 1.35 bits per heavy atom. The Kier molecular flexibility index (Phi) is 4.73. The van der Waals surface area contributed by atoms with E-state index in [9.17, 15) is 9.59 Å². The third kappa shape index (κ3) is 3.59. The standard InChI is InChI=1S/C16H19ClN2O4/c1-10(16(21)19-4-6-22-7-5-19)18-15(20)14-9-11-8-12(17)2-3-13(11)23-14/h2-3,8,10,14H,4-7,9H2,1H3,(H,18,20)/t10-,14+/m1/s1. The van der Waals surface area contributed by atoms with Gasteiger partial charge in [-0.25, -0.2) is 0 Å². The Hall–Kier alpha value is -1.79. The van der Waals surface area contributed by atoms with Gasteiger partial charge in [0.1, 0.15) is 11.8 Å². The molecule has 0 radical (unpaired) electrons. The molecular weight excluding hydrogens is 320 g/mol. The van der Waals surface area contributed by atoms with Crippen LogP contribution in [0.25, 0.3) is 0 Å². The monoisotopic (exact) mass is 338 g/mol. The maximum absolute atomic E-state index is 12.3. The van der Waals surface area contributed by atoms with Crippen molar-refractivity contribution in [3.05, 3.63) is 28.8 Å². The molecule has 6 nitrogen and oxygen atoms in total. The minimum atomic E-state index is -0.622. The molecule has 0 aromatic heterocycles. The van der Waals surface area contributed by atoms with Crippen LogP contribution in [0, 0.1) is 0 Å². The van der Waals surface area contributed by atoms with Crippen LogP contribution in [0.4, 0.5) is 0 Å². The number of morpholine rings is 1. The molecule has 23 heavy (non-hydrogen) atoms.